The van der Waals surface area contributed by atoms with Crippen LogP contribution in [0.1, 0.15) is 31.2 Å². The van der Waals surface area contributed by atoms with Gasteiger partial charge in [-0.15, -0.1) is 0 Å². The molecule has 1 aromatic rings. The summed E-state index contributed by atoms with van der Waals surface area (Å²) in [5.41, 5.74) is 7.89. The van der Waals surface area contributed by atoms with Gasteiger partial charge in [-0.1, -0.05) is 0 Å². The van der Waals surface area contributed by atoms with Crippen molar-refractivity contribution in [2.45, 2.75) is 44.4 Å². The number of benzene rings is 1. The first-order valence-corrected chi connectivity index (χ1v) is 7.80. The summed E-state index contributed by atoms with van der Waals surface area (Å²) in [5.74, 6) is 0. The molecule has 0 saturated heterocycles. The molecule has 2 rings (SSSR count). The van der Waals surface area contributed by atoms with Gasteiger partial charge in [-0.05, 0) is 69.7 Å². The van der Waals surface area contributed by atoms with Gasteiger partial charge in [0.05, 0.1) is 6.10 Å². The summed E-state index contributed by atoms with van der Waals surface area (Å²) in [5, 5.41) is 13.0. The molecule has 1 aromatic carbocycles. The first-order valence-electron chi connectivity index (χ1n) is 6.21. The van der Waals surface area contributed by atoms with Crippen molar-refractivity contribution in [2.75, 3.05) is 5.73 Å². The van der Waals surface area contributed by atoms with Gasteiger partial charge in [-0.2, -0.15) is 0 Å². The van der Waals surface area contributed by atoms with E-state index in [1.807, 2.05) is 12.1 Å². The Labute approximate surface area is 124 Å². The second-order valence-corrected chi connectivity index (χ2v) is 6.46. The van der Waals surface area contributed by atoms with E-state index >= 15 is 0 Å². The lowest BCUT2D eigenvalue weighted by Gasteiger charge is -2.26. The Hall–Kier alpha value is -0.100. The van der Waals surface area contributed by atoms with E-state index in [0.717, 1.165) is 52.4 Å². The molecule has 0 amide bonds. The van der Waals surface area contributed by atoms with Gasteiger partial charge in [0, 0.05) is 32.8 Å². The van der Waals surface area contributed by atoms with E-state index in [-0.39, 0.29) is 6.10 Å². The molecule has 3 nitrogen and oxygen atoms in total. The number of hydrogen-bond acceptors (Lipinski definition) is 3. The van der Waals surface area contributed by atoms with Gasteiger partial charge in [-0.3, -0.25) is 0 Å². The summed E-state index contributed by atoms with van der Waals surface area (Å²) < 4.78 is 2.04. The highest BCUT2D eigenvalue weighted by Crippen LogP contribution is 2.31. The van der Waals surface area contributed by atoms with Crippen LogP contribution < -0.4 is 11.1 Å². The Kier molecular flexibility index (Phi) is 5.06. The van der Waals surface area contributed by atoms with E-state index in [1.54, 1.807) is 0 Å². The van der Waals surface area contributed by atoms with E-state index < -0.39 is 0 Å². The van der Waals surface area contributed by atoms with E-state index in [4.69, 9.17) is 5.73 Å². The van der Waals surface area contributed by atoms with Crippen molar-refractivity contribution in [1.82, 2.24) is 5.32 Å². The zero-order valence-electron chi connectivity index (χ0n) is 10.1. The van der Waals surface area contributed by atoms with Crippen LogP contribution in [0.25, 0.3) is 0 Å². The summed E-state index contributed by atoms with van der Waals surface area (Å²) in [6.45, 7) is 0.757. The molecule has 1 fully saturated rings. The van der Waals surface area contributed by atoms with Gasteiger partial charge in [0.2, 0.25) is 0 Å². The molecule has 0 heterocycles. The van der Waals surface area contributed by atoms with Crippen LogP contribution in [-0.2, 0) is 6.54 Å². The maximum Gasteiger partial charge on any atom is 0.0541 e. The van der Waals surface area contributed by atoms with Gasteiger partial charge < -0.3 is 16.2 Å². The highest BCUT2D eigenvalue weighted by atomic mass is 79.9. The monoisotopic (exact) mass is 376 g/mol. The maximum absolute atomic E-state index is 9.48. The third kappa shape index (κ3) is 3.47. The predicted octanol–water partition coefficient (Wildman–Crippen LogP) is 3.19. The first kappa shape index (κ1) is 14.3. The molecule has 0 unspecified atom stereocenters. The number of aliphatic hydroxyl groups excluding tert-OH is 1. The topological polar surface area (TPSA) is 58.3 Å². The van der Waals surface area contributed by atoms with E-state index in [9.17, 15) is 5.11 Å². The minimum atomic E-state index is -0.106. The van der Waals surface area contributed by atoms with Crippen LogP contribution in [0.15, 0.2) is 21.1 Å². The summed E-state index contributed by atoms with van der Waals surface area (Å²) >= 11 is 7.05. The molecule has 1 aliphatic rings. The molecular weight excluding hydrogens is 360 g/mol. The number of halogens is 2. The zero-order valence-corrected chi connectivity index (χ0v) is 13.3. The number of hydrogen-bond donors (Lipinski definition) is 3. The lowest BCUT2D eigenvalue weighted by molar-refractivity contribution is 0.116. The zero-order chi connectivity index (χ0) is 13.1. The highest BCUT2D eigenvalue weighted by Gasteiger charge is 2.19. The molecule has 1 saturated carbocycles. The molecule has 0 aliphatic heterocycles. The molecule has 0 bridgehead atoms. The second kappa shape index (κ2) is 6.37. The number of aliphatic hydroxyl groups is 1. The van der Waals surface area contributed by atoms with Gasteiger partial charge in [-0.25, -0.2) is 0 Å². The quantitative estimate of drug-likeness (QED) is 0.709. The SMILES string of the molecule is Nc1ccc(Br)c(Br)c1CNC1CCC(O)CC1. The average molecular weight is 378 g/mol. The predicted molar refractivity (Wildman–Crippen MR) is 81.4 cm³/mol. The summed E-state index contributed by atoms with van der Waals surface area (Å²) in [7, 11) is 0. The van der Waals surface area contributed by atoms with Crippen LogP contribution in [0.2, 0.25) is 0 Å². The molecule has 0 atom stereocenters. The Morgan fingerprint density at radius 3 is 2.56 bits per heavy atom. The fourth-order valence-corrected chi connectivity index (χ4v) is 3.19. The van der Waals surface area contributed by atoms with Crippen LogP contribution in [0.5, 0.6) is 0 Å². The minimum absolute atomic E-state index is 0.106. The Morgan fingerprint density at radius 2 is 1.89 bits per heavy atom. The van der Waals surface area contributed by atoms with Crippen molar-refractivity contribution in [3.63, 3.8) is 0 Å². The Bertz CT molecular complexity index is 418. The molecule has 0 aromatic heterocycles. The molecular formula is C13H18Br2N2O. The fraction of sp³-hybridized carbons (Fsp3) is 0.538. The second-order valence-electron chi connectivity index (χ2n) is 4.82. The smallest absolute Gasteiger partial charge is 0.0541 e. The molecule has 0 spiro atoms. The van der Waals surface area contributed by atoms with Crippen LogP contribution in [0.4, 0.5) is 5.69 Å². The van der Waals surface area contributed by atoms with E-state index in [0.29, 0.717) is 6.04 Å². The lowest BCUT2D eigenvalue weighted by Crippen LogP contribution is -2.34. The molecule has 0 radical (unpaired) electrons. The van der Waals surface area contributed by atoms with Crippen molar-refractivity contribution >= 4 is 37.5 Å². The Morgan fingerprint density at radius 1 is 1.22 bits per heavy atom. The molecule has 4 N–H and O–H groups in total. The molecule has 1 aliphatic carbocycles. The Balaban J connectivity index is 1.96. The van der Waals surface area contributed by atoms with Crippen LogP contribution in [-0.4, -0.2) is 17.3 Å². The number of anilines is 1. The van der Waals surface area contributed by atoms with Crippen molar-refractivity contribution in [2.24, 2.45) is 0 Å². The lowest BCUT2D eigenvalue weighted by atomic mass is 9.93. The number of nitrogen functional groups attached to an aromatic ring is 1. The van der Waals surface area contributed by atoms with Crippen LogP contribution in [0, 0.1) is 0 Å². The minimum Gasteiger partial charge on any atom is -0.398 e. The maximum atomic E-state index is 9.48. The average Bonchev–Trinajstić information content (AvgIpc) is 2.36. The summed E-state index contributed by atoms with van der Waals surface area (Å²) in [6.07, 6.45) is 3.75. The molecule has 18 heavy (non-hydrogen) atoms. The fourth-order valence-electron chi connectivity index (χ4n) is 2.31. The van der Waals surface area contributed by atoms with Gasteiger partial charge in [0.15, 0.2) is 0 Å². The van der Waals surface area contributed by atoms with Crippen molar-refractivity contribution in [3.05, 3.63) is 26.6 Å². The third-order valence-corrected chi connectivity index (χ3v) is 5.60. The van der Waals surface area contributed by atoms with Crippen molar-refractivity contribution in [3.8, 4) is 0 Å². The molecule has 100 valence electrons. The number of nitrogens with one attached hydrogen (secondary N) is 1. The van der Waals surface area contributed by atoms with Gasteiger partial charge >= 0.3 is 0 Å². The van der Waals surface area contributed by atoms with Crippen LogP contribution in [0.3, 0.4) is 0 Å². The number of nitrogens with two attached hydrogens (primary N) is 1. The highest BCUT2D eigenvalue weighted by molar-refractivity contribution is 9.13. The first-order chi connectivity index (χ1) is 8.58. The van der Waals surface area contributed by atoms with E-state index in [1.165, 1.54) is 0 Å². The van der Waals surface area contributed by atoms with Crippen LogP contribution >= 0.6 is 31.9 Å². The third-order valence-electron chi connectivity index (χ3n) is 3.50. The standard InChI is InChI=1S/C13H18Br2N2O/c14-11-5-6-12(16)10(13(11)15)7-17-8-1-3-9(18)4-2-8/h5-6,8-9,17-18H,1-4,7,16H2. The normalized spacial score (nSPS) is 24.2. The van der Waals surface area contributed by atoms with Gasteiger partial charge in [0.1, 0.15) is 0 Å². The van der Waals surface area contributed by atoms with Gasteiger partial charge in [0.25, 0.3) is 0 Å². The van der Waals surface area contributed by atoms with Crippen molar-refractivity contribution in [1.29, 1.82) is 0 Å². The number of rotatable bonds is 3. The van der Waals surface area contributed by atoms with E-state index in [2.05, 4.69) is 37.2 Å². The summed E-state index contributed by atoms with van der Waals surface area (Å²) in [4.78, 5) is 0. The molecule has 5 heteroatoms. The summed E-state index contributed by atoms with van der Waals surface area (Å²) in [6, 6.07) is 4.34. The largest absolute Gasteiger partial charge is 0.398 e. The van der Waals surface area contributed by atoms with Crippen molar-refractivity contribution < 1.29 is 5.11 Å².